The average molecular weight is 177 g/mol. The van der Waals surface area contributed by atoms with Gasteiger partial charge in [0.25, 0.3) is 0 Å². The molecule has 0 radical (unpaired) electrons. The maximum atomic E-state index is 4.15. The number of H-pyrrole nitrogens is 1. The van der Waals surface area contributed by atoms with Crippen LogP contribution in [-0.2, 0) is 0 Å². The summed E-state index contributed by atoms with van der Waals surface area (Å²) >= 11 is 0. The fraction of sp³-hybridized carbons (Fsp3) is 0.400. The van der Waals surface area contributed by atoms with E-state index in [2.05, 4.69) is 35.3 Å². The van der Waals surface area contributed by atoms with E-state index < -0.39 is 0 Å². The lowest BCUT2D eigenvalue weighted by Gasteiger charge is -2.07. The number of hydrogen-bond donors (Lipinski definition) is 1. The number of nitrogens with one attached hydrogen (secondary N) is 1. The minimum absolute atomic E-state index is 0. The maximum Gasteiger partial charge on any atom is 0.116 e. The summed E-state index contributed by atoms with van der Waals surface area (Å²) in [5.74, 6) is 0.550. The Morgan fingerprint density at radius 2 is 2.31 bits per heavy atom. The number of rotatable bonds is 2. The molecule has 1 atom stereocenters. The zero-order chi connectivity index (χ0) is 9.26. The summed E-state index contributed by atoms with van der Waals surface area (Å²) in [6, 6.07) is 6.14. The molecule has 1 aromatic heterocycles. The molecule has 0 amide bonds. The van der Waals surface area contributed by atoms with Crippen molar-refractivity contribution in [3.63, 3.8) is 0 Å². The van der Waals surface area contributed by atoms with Gasteiger partial charge in [0.15, 0.2) is 0 Å². The Kier molecular flexibility index (Phi) is 2.00. The van der Waals surface area contributed by atoms with Gasteiger partial charge in [-0.2, -0.15) is 15.4 Å². The second kappa shape index (κ2) is 3.17. The van der Waals surface area contributed by atoms with Gasteiger partial charge >= 0.3 is 0 Å². The van der Waals surface area contributed by atoms with Crippen LogP contribution in [0.4, 0.5) is 0 Å². The number of nitrogens with zero attached hydrogens (tertiary/aromatic N) is 2. The van der Waals surface area contributed by atoms with E-state index in [0.29, 0.717) is 5.92 Å². The van der Waals surface area contributed by atoms with Gasteiger partial charge in [0, 0.05) is 1.43 Å². The van der Waals surface area contributed by atoms with Crippen LogP contribution in [0.5, 0.6) is 0 Å². The van der Waals surface area contributed by atoms with Gasteiger partial charge in [-0.3, -0.25) is 0 Å². The zero-order valence-electron chi connectivity index (χ0n) is 7.91. The van der Waals surface area contributed by atoms with E-state index in [-0.39, 0.29) is 1.43 Å². The molecule has 3 heteroatoms. The first-order valence-electron chi connectivity index (χ1n) is 4.62. The van der Waals surface area contributed by atoms with E-state index in [1.807, 2.05) is 12.1 Å². The highest BCUT2D eigenvalue weighted by Crippen LogP contribution is 2.24. The predicted molar refractivity (Wildman–Crippen MR) is 54.7 cm³/mol. The first kappa shape index (κ1) is 8.23. The smallest absolute Gasteiger partial charge is 0.116 e. The zero-order valence-corrected chi connectivity index (χ0v) is 7.91. The van der Waals surface area contributed by atoms with Crippen molar-refractivity contribution in [3.8, 4) is 0 Å². The molecule has 0 aliphatic heterocycles. The summed E-state index contributed by atoms with van der Waals surface area (Å²) in [6.45, 7) is 4.40. The van der Waals surface area contributed by atoms with Gasteiger partial charge in [0.2, 0.25) is 0 Å². The molecule has 1 heterocycles. The van der Waals surface area contributed by atoms with Gasteiger partial charge in [0.1, 0.15) is 11.0 Å². The van der Waals surface area contributed by atoms with E-state index in [9.17, 15) is 0 Å². The normalized spacial score (nSPS) is 13.4. The Morgan fingerprint density at radius 1 is 1.46 bits per heavy atom. The van der Waals surface area contributed by atoms with Crippen molar-refractivity contribution in [1.29, 1.82) is 0 Å². The van der Waals surface area contributed by atoms with Gasteiger partial charge in [-0.1, -0.05) is 26.0 Å². The fourth-order valence-corrected chi connectivity index (χ4v) is 1.51. The van der Waals surface area contributed by atoms with E-state index in [1.165, 1.54) is 5.56 Å². The lowest BCUT2D eigenvalue weighted by Crippen LogP contribution is -1.92. The largest absolute Gasteiger partial charge is 0.197 e. The molecule has 0 fully saturated rings. The van der Waals surface area contributed by atoms with Crippen molar-refractivity contribution in [1.82, 2.24) is 15.4 Å². The van der Waals surface area contributed by atoms with E-state index in [0.717, 1.165) is 17.5 Å². The van der Waals surface area contributed by atoms with Crippen molar-refractivity contribution < 1.29 is 1.43 Å². The van der Waals surface area contributed by atoms with Crippen LogP contribution in [0.25, 0.3) is 11.0 Å². The van der Waals surface area contributed by atoms with E-state index in [4.69, 9.17) is 0 Å². The summed E-state index contributed by atoms with van der Waals surface area (Å²) in [5, 5.41) is 10.9. The van der Waals surface area contributed by atoms with Crippen LogP contribution in [0.1, 0.15) is 33.2 Å². The Bertz CT molecular complexity index is 410. The van der Waals surface area contributed by atoms with Crippen molar-refractivity contribution in [3.05, 3.63) is 23.8 Å². The first-order valence-corrected chi connectivity index (χ1v) is 4.62. The summed E-state index contributed by atoms with van der Waals surface area (Å²) < 4.78 is 0. The van der Waals surface area contributed by atoms with E-state index >= 15 is 0 Å². The minimum Gasteiger partial charge on any atom is -0.197 e. The predicted octanol–water partition coefficient (Wildman–Crippen LogP) is 2.72. The van der Waals surface area contributed by atoms with Crippen LogP contribution in [-0.4, -0.2) is 15.4 Å². The molecule has 2 rings (SSSR count). The van der Waals surface area contributed by atoms with Crippen LogP contribution in [0.15, 0.2) is 18.2 Å². The SMILES string of the molecule is CCC(C)c1cccc2n[nH]nc12.[HH]. The molecular formula is C10H15N3. The van der Waals surface area contributed by atoms with Crippen LogP contribution in [0.2, 0.25) is 0 Å². The van der Waals surface area contributed by atoms with Gasteiger partial charge in [0.05, 0.1) is 0 Å². The number of hydrogen-bond acceptors (Lipinski definition) is 2. The first-order chi connectivity index (χ1) is 6.33. The lowest BCUT2D eigenvalue weighted by atomic mass is 9.97. The van der Waals surface area contributed by atoms with Crippen molar-refractivity contribution in [2.24, 2.45) is 0 Å². The average Bonchev–Trinajstić information content (AvgIpc) is 2.63. The third-order valence-corrected chi connectivity index (χ3v) is 2.52. The Labute approximate surface area is 78.6 Å². The molecule has 1 unspecified atom stereocenters. The van der Waals surface area contributed by atoms with Crippen LogP contribution in [0.3, 0.4) is 0 Å². The second-order valence-electron chi connectivity index (χ2n) is 3.35. The maximum absolute atomic E-state index is 4.15. The number of aromatic nitrogens is 3. The fourth-order valence-electron chi connectivity index (χ4n) is 1.51. The standard InChI is InChI=1S/C10H13N3.H2/c1-3-7(2)8-5-4-6-9-10(8)12-13-11-9;/h4-7H,3H2,1-2H3,(H,11,12,13);1H. The second-order valence-corrected chi connectivity index (χ2v) is 3.35. The molecule has 1 N–H and O–H groups in total. The number of benzene rings is 1. The third kappa shape index (κ3) is 1.30. The van der Waals surface area contributed by atoms with Gasteiger partial charge in [-0.05, 0) is 24.0 Å². The Morgan fingerprint density at radius 3 is 3.08 bits per heavy atom. The molecular weight excluding hydrogens is 162 g/mol. The highest BCUT2D eigenvalue weighted by molar-refractivity contribution is 5.77. The Hall–Kier alpha value is -1.38. The molecule has 70 valence electrons. The lowest BCUT2D eigenvalue weighted by molar-refractivity contribution is 0.737. The van der Waals surface area contributed by atoms with Crippen molar-refractivity contribution >= 4 is 11.0 Å². The molecule has 0 aliphatic carbocycles. The van der Waals surface area contributed by atoms with Crippen LogP contribution in [0, 0.1) is 0 Å². The summed E-state index contributed by atoms with van der Waals surface area (Å²) in [5.41, 5.74) is 3.25. The summed E-state index contributed by atoms with van der Waals surface area (Å²) in [4.78, 5) is 0. The molecule has 0 saturated heterocycles. The van der Waals surface area contributed by atoms with Gasteiger partial charge in [-0.15, -0.1) is 0 Å². The molecule has 0 saturated carbocycles. The Balaban J connectivity index is 0.000000980. The van der Waals surface area contributed by atoms with E-state index in [1.54, 1.807) is 0 Å². The topological polar surface area (TPSA) is 41.6 Å². The number of fused-ring (bicyclic) bond motifs is 1. The molecule has 13 heavy (non-hydrogen) atoms. The van der Waals surface area contributed by atoms with Crippen LogP contribution >= 0.6 is 0 Å². The number of aromatic amines is 1. The summed E-state index contributed by atoms with van der Waals surface area (Å²) in [6.07, 6.45) is 1.13. The summed E-state index contributed by atoms with van der Waals surface area (Å²) in [7, 11) is 0. The molecule has 2 aromatic rings. The molecule has 0 spiro atoms. The van der Waals surface area contributed by atoms with Gasteiger partial charge in [-0.25, -0.2) is 0 Å². The molecule has 0 aliphatic rings. The minimum atomic E-state index is 0. The van der Waals surface area contributed by atoms with Crippen molar-refractivity contribution in [2.45, 2.75) is 26.2 Å². The molecule has 1 aromatic carbocycles. The highest BCUT2D eigenvalue weighted by Gasteiger charge is 2.09. The quantitative estimate of drug-likeness (QED) is 0.766. The highest BCUT2D eigenvalue weighted by atomic mass is 15.3. The van der Waals surface area contributed by atoms with Crippen molar-refractivity contribution in [2.75, 3.05) is 0 Å². The molecule has 0 bridgehead atoms. The monoisotopic (exact) mass is 177 g/mol. The molecule has 3 nitrogen and oxygen atoms in total. The van der Waals surface area contributed by atoms with Gasteiger partial charge < -0.3 is 0 Å². The van der Waals surface area contributed by atoms with Crippen LogP contribution < -0.4 is 0 Å². The number of para-hydroxylation sites is 1. The third-order valence-electron chi connectivity index (χ3n) is 2.52.